The van der Waals surface area contributed by atoms with E-state index in [1.54, 1.807) is 22.3 Å². The van der Waals surface area contributed by atoms with Gasteiger partial charge in [-0.05, 0) is 31.2 Å². The Kier molecular flexibility index (Phi) is 4.76. The molecule has 27 heavy (non-hydrogen) atoms. The Bertz CT molecular complexity index is 1040. The number of nitrogens with zero attached hydrogens (tertiary/aromatic N) is 4. The van der Waals surface area contributed by atoms with Crippen LogP contribution in [0, 0.1) is 6.92 Å². The van der Waals surface area contributed by atoms with Gasteiger partial charge in [0.25, 0.3) is 0 Å². The lowest BCUT2D eigenvalue weighted by molar-refractivity contribution is -0.115. The van der Waals surface area contributed by atoms with Crippen LogP contribution in [0.1, 0.15) is 11.3 Å². The lowest BCUT2D eigenvalue weighted by Crippen LogP contribution is -2.14. The Morgan fingerprint density at radius 3 is 2.59 bits per heavy atom. The summed E-state index contributed by atoms with van der Waals surface area (Å²) in [6, 6.07) is 15.7. The number of benzene rings is 2. The molecule has 6 nitrogen and oxygen atoms in total. The molecular weight excluding hydrogens is 358 g/mol. The van der Waals surface area contributed by atoms with Crippen molar-refractivity contribution in [2.45, 2.75) is 13.3 Å². The first kappa shape index (κ1) is 17.1. The Balaban J connectivity index is 1.39. The van der Waals surface area contributed by atoms with Crippen molar-refractivity contribution in [3.8, 4) is 16.3 Å². The molecule has 1 N–H and O–H groups in total. The molecule has 7 heteroatoms. The van der Waals surface area contributed by atoms with Crippen LogP contribution in [-0.4, -0.2) is 25.7 Å². The summed E-state index contributed by atoms with van der Waals surface area (Å²) < 4.78 is 1.66. The third-order valence-corrected chi connectivity index (χ3v) is 4.97. The zero-order chi connectivity index (χ0) is 18.6. The van der Waals surface area contributed by atoms with Crippen LogP contribution in [0.4, 0.5) is 5.69 Å². The third-order valence-electron chi connectivity index (χ3n) is 4.03. The standard InChI is InChI=1S/C20H17N5OS/c1-14-2-4-15(5-3-14)20-24-17(11-27-20)10-19(26)23-16-6-8-18(9-7-16)25-13-21-12-22-25/h2-9,11-13H,10H2,1H3,(H,23,26). The fraction of sp³-hybridized carbons (Fsp3) is 0.100. The van der Waals surface area contributed by atoms with Gasteiger partial charge in [0.1, 0.15) is 17.7 Å². The van der Waals surface area contributed by atoms with Crippen LogP contribution in [-0.2, 0) is 11.2 Å². The molecule has 0 atom stereocenters. The predicted octanol–water partition coefficient (Wildman–Crippen LogP) is 3.88. The van der Waals surface area contributed by atoms with Crippen LogP contribution < -0.4 is 5.32 Å². The normalized spacial score (nSPS) is 10.7. The van der Waals surface area contributed by atoms with Crippen molar-refractivity contribution >= 4 is 22.9 Å². The Labute approximate surface area is 160 Å². The molecule has 2 aromatic heterocycles. The molecule has 0 unspecified atom stereocenters. The summed E-state index contributed by atoms with van der Waals surface area (Å²) in [5, 5.41) is 9.83. The number of carbonyl (C=O) groups excluding carboxylic acids is 1. The molecule has 0 saturated heterocycles. The quantitative estimate of drug-likeness (QED) is 0.574. The number of nitrogens with one attached hydrogen (secondary N) is 1. The highest BCUT2D eigenvalue weighted by molar-refractivity contribution is 7.13. The topological polar surface area (TPSA) is 72.7 Å². The van der Waals surface area contributed by atoms with Gasteiger partial charge < -0.3 is 5.32 Å². The third kappa shape index (κ3) is 4.09. The molecule has 0 radical (unpaired) electrons. The number of hydrogen-bond donors (Lipinski definition) is 1. The number of carbonyl (C=O) groups is 1. The summed E-state index contributed by atoms with van der Waals surface area (Å²) in [5.41, 5.74) is 4.67. The molecule has 134 valence electrons. The first-order valence-corrected chi connectivity index (χ1v) is 9.32. The van der Waals surface area contributed by atoms with Gasteiger partial charge in [-0.3, -0.25) is 4.79 Å². The number of hydrogen-bond acceptors (Lipinski definition) is 5. The van der Waals surface area contributed by atoms with E-state index in [9.17, 15) is 4.79 Å². The maximum atomic E-state index is 12.3. The summed E-state index contributed by atoms with van der Waals surface area (Å²) in [6.45, 7) is 2.06. The van der Waals surface area contributed by atoms with Gasteiger partial charge in [0, 0.05) is 16.6 Å². The second kappa shape index (κ2) is 7.51. The molecule has 0 aliphatic rings. The molecule has 4 aromatic rings. The molecule has 0 fully saturated rings. The molecule has 0 spiro atoms. The minimum atomic E-state index is -0.0933. The van der Waals surface area contributed by atoms with Crippen LogP contribution in [0.5, 0.6) is 0 Å². The number of thiazole rings is 1. The van der Waals surface area contributed by atoms with E-state index in [2.05, 4.69) is 51.6 Å². The fourth-order valence-corrected chi connectivity index (χ4v) is 3.45. The molecule has 1 amide bonds. The first-order valence-electron chi connectivity index (χ1n) is 8.44. The van der Waals surface area contributed by atoms with Gasteiger partial charge in [-0.1, -0.05) is 29.8 Å². The molecule has 0 aliphatic carbocycles. The molecule has 2 heterocycles. The van der Waals surface area contributed by atoms with Crippen molar-refractivity contribution < 1.29 is 4.79 Å². The zero-order valence-electron chi connectivity index (χ0n) is 14.7. The minimum absolute atomic E-state index is 0.0933. The molecule has 4 rings (SSSR count). The Morgan fingerprint density at radius 1 is 1.11 bits per heavy atom. The van der Waals surface area contributed by atoms with E-state index < -0.39 is 0 Å². The molecule has 2 aromatic carbocycles. The summed E-state index contributed by atoms with van der Waals surface area (Å²) in [5.74, 6) is -0.0933. The monoisotopic (exact) mass is 375 g/mol. The number of anilines is 1. The van der Waals surface area contributed by atoms with Crippen LogP contribution in [0.25, 0.3) is 16.3 Å². The van der Waals surface area contributed by atoms with Crippen molar-refractivity contribution in [2.24, 2.45) is 0 Å². The zero-order valence-corrected chi connectivity index (χ0v) is 15.5. The summed E-state index contributed by atoms with van der Waals surface area (Å²) in [6.07, 6.45) is 3.35. The van der Waals surface area contributed by atoms with E-state index in [-0.39, 0.29) is 12.3 Å². The average molecular weight is 375 g/mol. The van der Waals surface area contributed by atoms with E-state index in [1.165, 1.54) is 11.9 Å². The summed E-state index contributed by atoms with van der Waals surface area (Å²) >= 11 is 1.55. The highest BCUT2D eigenvalue weighted by Crippen LogP contribution is 2.24. The number of rotatable bonds is 5. The van der Waals surface area contributed by atoms with Gasteiger partial charge in [-0.15, -0.1) is 11.3 Å². The van der Waals surface area contributed by atoms with Gasteiger partial charge in [0.2, 0.25) is 5.91 Å². The molecule has 0 aliphatic heterocycles. The minimum Gasteiger partial charge on any atom is -0.326 e. The van der Waals surface area contributed by atoms with Crippen LogP contribution in [0.2, 0.25) is 0 Å². The Hall–Kier alpha value is -3.32. The van der Waals surface area contributed by atoms with Gasteiger partial charge >= 0.3 is 0 Å². The van der Waals surface area contributed by atoms with E-state index in [0.717, 1.165) is 27.6 Å². The fourth-order valence-electron chi connectivity index (χ4n) is 2.63. The number of aromatic nitrogens is 4. The van der Waals surface area contributed by atoms with E-state index in [4.69, 9.17) is 0 Å². The summed E-state index contributed by atoms with van der Waals surface area (Å²) in [7, 11) is 0. The van der Waals surface area contributed by atoms with E-state index in [0.29, 0.717) is 0 Å². The number of aryl methyl sites for hydroxylation is 1. The van der Waals surface area contributed by atoms with Crippen molar-refractivity contribution in [1.82, 2.24) is 19.7 Å². The maximum Gasteiger partial charge on any atom is 0.230 e. The second-order valence-corrected chi connectivity index (χ2v) is 6.98. The summed E-state index contributed by atoms with van der Waals surface area (Å²) in [4.78, 5) is 20.8. The number of amides is 1. The molecule has 0 saturated carbocycles. The van der Waals surface area contributed by atoms with Crippen LogP contribution >= 0.6 is 11.3 Å². The maximum absolute atomic E-state index is 12.3. The van der Waals surface area contributed by atoms with Crippen LogP contribution in [0.3, 0.4) is 0 Å². The van der Waals surface area contributed by atoms with Crippen molar-refractivity contribution in [3.05, 3.63) is 77.8 Å². The van der Waals surface area contributed by atoms with Gasteiger partial charge in [-0.2, -0.15) is 5.10 Å². The molecule has 0 bridgehead atoms. The average Bonchev–Trinajstić information content (AvgIpc) is 3.35. The highest BCUT2D eigenvalue weighted by atomic mass is 32.1. The van der Waals surface area contributed by atoms with Gasteiger partial charge in [0.05, 0.1) is 17.8 Å². The van der Waals surface area contributed by atoms with Crippen molar-refractivity contribution in [3.63, 3.8) is 0 Å². The molecular formula is C20H17N5OS. The largest absolute Gasteiger partial charge is 0.326 e. The lowest BCUT2D eigenvalue weighted by atomic mass is 10.2. The first-order chi connectivity index (χ1) is 13.2. The predicted molar refractivity (Wildman–Crippen MR) is 106 cm³/mol. The van der Waals surface area contributed by atoms with E-state index >= 15 is 0 Å². The van der Waals surface area contributed by atoms with Crippen molar-refractivity contribution in [1.29, 1.82) is 0 Å². The Morgan fingerprint density at radius 2 is 1.89 bits per heavy atom. The van der Waals surface area contributed by atoms with Gasteiger partial charge in [-0.25, -0.2) is 14.6 Å². The van der Waals surface area contributed by atoms with Crippen molar-refractivity contribution in [2.75, 3.05) is 5.32 Å². The second-order valence-electron chi connectivity index (χ2n) is 6.12. The smallest absolute Gasteiger partial charge is 0.230 e. The van der Waals surface area contributed by atoms with E-state index in [1.807, 2.05) is 29.6 Å². The lowest BCUT2D eigenvalue weighted by Gasteiger charge is -2.05. The SMILES string of the molecule is Cc1ccc(-c2nc(CC(=O)Nc3ccc(-n4cncn4)cc3)cs2)cc1. The van der Waals surface area contributed by atoms with Crippen LogP contribution in [0.15, 0.2) is 66.6 Å². The highest BCUT2D eigenvalue weighted by Gasteiger charge is 2.10. The van der Waals surface area contributed by atoms with Gasteiger partial charge in [0.15, 0.2) is 0 Å².